The molecule has 0 bridgehead atoms. The first-order valence-electron chi connectivity index (χ1n) is 4.41. The number of hydrogen-bond donors (Lipinski definition) is 0. The summed E-state index contributed by atoms with van der Waals surface area (Å²) in [5, 5.41) is 8.43. The van der Waals surface area contributed by atoms with Gasteiger partial charge in [0.25, 0.3) is 0 Å². The fourth-order valence-electron chi connectivity index (χ4n) is 0.879. The van der Waals surface area contributed by atoms with Gasteiger partial charge in [0, 0.05) is 17.7 Å². The van der Waals surface area contributed by atoms with Crippen molar-refractivity contribution < 1.29 is 13.9 Å². The smallest absolute Gasteiger partial charge is 0.384 e. The number of aromatic nitrogens is 1. The van der Waals surface area contributed by atoms with Gasteiger partial charge in [-0.25, -0.2) is 14.2 Å². The van der Waals surface area contributed by atoms with Crippen LogP contribution in [0.3, 0.4) is 0 Å². The van der Waals surface area contributed by atoms with Crippen LogP contribution in [0, 0.1) is 29.0 Å². The number of ether oxygens (including phenoxy) is 1. The molecule has 0 atom stereocenters. The fourth-order valence-corrected chi connectivity index (χ4v) is 0.879. The zero-order valence-electron chi connectivity index (χ0n) is 8.45. The van der Waals surface area contributed by atoms with E-state index in [0.29, 0.717) is 0 Å². The summed E-state index contributed by atoms with van der Waals surface area (Å²) in [6.45, 7) is 1.88. The van der Waals surface area contributed by atoms with E-state index in [0.717, 1.165) is 6.07 Å². The number of pyridine rings is 1. The number of esters is 1. The van der Waals surface area contributed by atoms with Crippen molar-refractivity contribution in [1.82, 2.24) is 4.98 Å². The van der Waals surface area contributed by atoms with Crippen LogP contribution in [0.1, 0.15) is 18.2 Å². The monoisotopic (exact) mass is 218 g/mol. The van der Waals surface area contributed by atoms with Crippen molar-refractivity contribution in [2.75, 3.05) is 6.61 Å². The highest BCUT2D eigenvalue weighted by Gasteiger charge is 2.02. The Hall–Kier alpha value is -2.40. The molecule has 0 aliphatic heterocycles. The Kier molecular flexibility index (Phi) is 3.99. The van der Waals surface area contributed by atoms with Crippen LogP contribution in [-0.4, -0.2) is 17.6 Å². The lowest BCUT2D eigenvalue weighted by molar-refractivity contribution is -0.136. The lowest BCUT2D eigenvalue weighted by Gasteiger charge is -1.93. The first-order chi connectivity index (χ1) is 7.67. The molecule has 0 aliphatic carbocycles. The van der Waals surface area contributed by atoms with Gasteiger partial charge in [-0.2, -0.15) is 5.26 Å². The third-order valence-corrected chi connectivity index (χ3v) is 1.53. The van der Waals surface area contributed by atoms with Gasteiger partial charge in [-0.15, -0.1) is 0 Å². The van der Waals surface area contributed by atoms with E-state index in [9.17, 15) is 9.18 Å². The number of rotatable bonds is 1. The van der Waals surface area contributed by atoms with Crippen molar-refractivity contribution in [2.45, 2.75) is 6.92 Å². The van der Waals surface area contributed by atoms with E-state index >= 15 is 0 Å². The van der Waals surface area contributed by atoms with Gasteiger partial charge < -0.3 is 4.74 Å². The van der Waals surface area contributed by atoms with Crippen molar-refractivity contribution in [2.24, 2.45) is 0 Å². The molecule has 1 rings (SSSR count). The first kappa shape index (κ1) is 11.7. The minimum atomic E-state index is -0.766. The van der Waals surface area contributed by atoms with E-state index in [1.54, 1.807) is 13.0 Å². The molecule has 1 aromatic rings. The van der Waals surface area contributed by atoms with Crippen LogP contribution < -0.4 is 0 Å². The quantitative estimate of drug-likeness (QED) is 0.521. The Morgan fingerprint density at radius 1 is 1.69 bits per heavy atom. The summed E-state index contributed by atoms with van der Waals surface area (Å²) in [4.78, 5) is 14.4. The van der Waals surface area contributed by atoms with Gasteiger partial charge in [0.2, 0.25) is 0 Å². The first-order valence-corrected chi connectivity index (χ1v) is 4.41. The number of nitrogens with zero attached hydrogens (tertiary/aromatic N) is 2. The average Bonchev–Trinajstić information content (AvgIpc) is 2.27. The lowest BCUT2D eigenvalue weighted by Crippen LogP contribution is -1.99. The van der Waals surface area contributed by atoms with Gasteiger partial charge >= 0.3 is 5.97 Å². The summed E-state index contributed by atoms with van der Waals surface area (Å²) in [6, 6.07) is 2.62. The molecule has 16 heavy (non-hydrogen) atoms. The second-order valence-corrected chi connectivity index (χ2v) is 2.64. The largest absolute Gasteiger partial charge is 0.456 e. The second kappa shape index (κ2) is 5.47. The maximum Gasteiger partial charge on any atom is 0.384 e. The van der Waals surface area contributed by atoms with Gasteiger partial charge in [0.15, 0.2) is 11.5 Å². The predicted octanol–water partition coefficient (Wildman–Crippen LogP) is 1.01. The van der Waals surface area contributed by atoms with E-state index in [2.05, 4.69) is 21.6 Å². The SMILES string of the molecule is CCOC(=O)C#Cc1cnc(C#N)c(F)c1. The normalized spacial score (nSPS) is 8.56. The number of carbonyl (C=O) groups is 1. The Morgan fingerprint density at radius 2 is 2.44 bits per heavy atom. The molecule has 0 saturated carbocycles. The van der Waals surface area contributed by atoms with Gasteiger partial charge in [-0.05, 0) is 13.0 Å². The second-order valence-electron chi connectivity index (χ2n) is 2.64. The van der Waals surface area contributed by atoms with Crippen LogP contribution in [0.25, 0.3) is 0 Å². The molecule has 0 radical (unpaired) electrons. The van der Waals surface area contributed by atoms with Crippen molar-refractivity contribution >= 4 is 5.97 Å². The molecule has 0 aromatic carbocycles. The van der Waals surface area contributed by atoms with Crippen molar-refractivity contribution in [3.05, 3.63) is 29.3 Å². The van der Waals surface area contributed by atoms with E-state index in [4.69, 9.17) is 5.26 Å². The van der Waals surface area contributed by atoms with Crippen LogP contribution >= 0.6 is 0 Å². The third-order valence-electron chi connectivity index (χ3n) is 1.53. The van der Waals surface area contributed by atoms with E-state index < -0.39 is 11.8 Å². The summed E-state index contributed by atoms with van der Waals surface area (Å²) < 4.78 is 17.6. The zero-order chi connectivity index (χ0) is 12.0. The van der Waals surface area contributed by atoms with Crippen LogP contribution in [-0.2, 0) is 9.53 Å². The summed E-state index contributed by atoms with van der Waals surface area (Å²) >= 11 is 0. The Morgan fingerprint density at radius 3 is 3.00 bits per heavy atom. The molecular formula is C11H7FN2O2. The Bertz CT molecular complexity index is 509. The molecule has 4 nitrogen and oxygen atoms in total. The number of carbonyl (C=O) groups excluding carboxylic acids is 1. The average molecular weight is 218 g/mol. The van der Waals surface area contributed by atoms with Gasteiger partial charge in [-0.1, -0.05) is 5.92 Å². The number of hydrogen-bond acceptors (Lipinski definition) is 4. The molecule has 0 unspecified atom stereocenters. The van der Waals surface area contributed by atoms with Crippen molar-refractivity contribution in [3.63, 3.8) is 0 Å². The summed E-state index contributed by atoms with van der Waals surface area (Å²) in [5.41, 5.74) is -0.0914. The standard InChI is InChI=1S/C11H7FN2O2/c1-2-16-11(15)4-3-8-5-9(12)10(6-13)14-7-8/h5,7H,2H2,1H3. The Labute approximate surface area is 91.7 Å². The number of nitriles is 1. The van der Waals surface area contributed by atoms with Crippen LogP contribution in [0.2, 0.25) is 0 Å². The van der Waals surface area contributed by atoms with Crippen LogP contribution in [0.15, 0.2) is 12.3 Å². The van der Waals surface area contributed by atoms with E-state index in [1.165, 1.54) is 6.20 Å². The highest BCUT2D eigenvalue weighted by molar-refractivity contribution is 5.89. The molecule has 0 saturated heterocycles. The van der Waals surface area contributed by atoms with Crippen LogP contribution in [0.5, 0.6) is 0 Å². The van der Waals surface area contributed by atoms with Gasteiger partial charge in [0.05, 0.1) is 6.61 Å². The third kappa shape index (κ3) is 3.07. The zero-order valence-corrected chi connectivity index (χ0v) is 8.45. The summed E-state index contributed by atoms with van der Waals surface area (Å²) in [6.07, 6.45) is 1.22. The van der Waals surface area contributed by atoms with E-state index in [-0.39, 0.29) is 17.9 Å². The van der Waals surface area contributed by atoms with Gasteiger partial charge in [-0.3, -0.25) is 0 Å². The van der Waals surface area contributed by atoms with Crippen molar-refractivity contribution in [3.8, 4) is 17.9 Å². The minimum Gasteiger partial charge on any atom is -0.456 e. The molecule has 0 N–H and O–H groups in total. The molecule has 0 aliphatic rings. The predicted molar refractivity (Wildman–Crippen MR) is 52.4 cm³/mol. The topological polar surface area (TPSA) is 63.0 Å². The molecule has 1 aromatic heterocycles. The molecule has 80 valence electrons. The lowest BCUT2D eigenvalue weighted by atomic mass is 10.2. The fraction of sp³-hybridized carbons (Fsp3) is 0.182. The molecule has 0 fully saturated rings. The van der Waals surface area contributed by atoms with Crippen LogP contribution in [0.4, 0.5) is 4.39 Å². The van der Waals surface area contributed by atoms with Crippen molar-refractivity contribution in [1.29, 1.82) is 5.26 Å². The molecule has 0 amide bonds. The maximum atomic E-state index is 13.1. The number of halogens is 1. The maximum absolute atomic E-state index is 13.1. The molecule has 1 heterocycles. The van der Waals surface area contributed by atoms with E-state index in [1.807, 2.05) is 0 Å². The minimum absolute atomic E-state index is 0.213. The highest BCUT2D eigenvalue weighted by Crippen LogP contribution is 2.04. The van der Waals surface area contributed by atoms with Gasteiger partial charge in [0.1, 0.15) is 6.07 Å². The summed E-state index contributed by atoms with van der Waals surface area (Å²) in [7, 11) is 0. The highest BCUT2D eigenvalue weighted by atomic mass is 19.1. The molecule has 5 heteroatoms. The molecular weight excluding hydrogens is 211 g/mol. The summed E-state index contributed by atoms with van der Waals surface area (Å²) in [5.74, 6) is 3.10. The Balaban J connectivity index is 2.87. The molecule has 0 spiro atoms.